The molecule has 35 heavy (non-hydrogen) atoms. The van der Waals surface area contributed by atoms with Crippen LogP contribution in [0.4, 0.5) is 5.69 Å². The van der Waals surface area contributed by atoms with Gasteiger partial charge in [-0.1, -0.05) is 6.07 Å². The molecule has 1 unspecified atom stereocenters. The van der Waals surface area contributed by atoms with Gasteiger partial charge < -0.3 is 25.0 Å². The Kier molecular flexibility index (Phi) is 6.01. The van der Waals surface area contributed by atoms with E-state index in [-0.39, 0.29) is 5.91 Å². The predicted octanol–water partition coefficient (Wildman–Crippen LogP) is 2.41. The molecular weight excluding hydrogens is 444 g/mol. The number of morpholine rings is 1. The molecule has 1 aromatic carbocycles. The Morgan fingerprint density at radius 3 is 2.77 bits per heavy atom. The van der Waals surface area contributed by atoms with Crippen LogP contribution < -0.4 is 5.32 Å². The molecule has 0 radical (unpaired) electrons. The van der Waals surface area contributed by atoms with Gasteiger partial charge in [-0.2, -0.15) is 15.5 Å². The number of nitrogens with zero attached hydrogens (tertiary/aromatic N) is 5. The molecule has 1 aliphatic carbocycles. The van der Waals surface area contributed by atoms with Crippen LogP contribution in [0.5, 0.6) is 0 Å². The topological polar surface area (TPSA) is 115 Å². The summed E-state index contributed by atoms with van der Waals surface area (Å²) in [6.45, 7) is 4.75. The summed E-state index contributed by atoms with van der Waals surface area (Å²) in [6.07, 6.45) is 6.10. The van der Waals surface area contributed by atoms with E-state index in [0.29, 0.717) is 30.2 Å². The summed E-state index contributed by atoms with van der Waals surface area (Å²) in [5.41, 5.74) is 4.76. The average molecular weight is 473 g/mol. The Morgan fingerprint density at radius 2 is 2.06 bits per heavy atom. The molecule has 2 aromatic rings. The highest BCUT2D eigenvalue weighted by Crippen LogP contribution is 2.46. The van der Waals surface area contributed by atoms with Crippen LogP contribution in [0.15, 0.2) is 48.4 Å². The number of aryl methyl sites for hydroxylation is 1. The van der Waals surface area contributed by atoms with Crippen molar-refractivity contribution in [2.75, 3.05) is 38.7 Å². The summed E-state index contributed by atoms with van der Waals surface area (Å²) in [5.74, 6) is -0.306. The molecule has 1 saturated heterocycles. The van der Waals surface area contributed by atoms with Gasteiger partial charge in [0.1, 0.15) is 5.41 Å². The molecule has 1 aromatic heterocycles. The molecule has 1 atom stereocenters. The zero-order valence-corrected chi connectivity index (χ0v) is 19.9. The van der Waals surface area contributed by atoms with Crippen LogP contribution in [0.1, 0.15) is 40.0 Å². The zero-order valence-electron chi connectivity index (χ0n) is 19.9. The van der Waals surface area contributed by atoms with Gasteiger partial charge in [-0.3, -0.25) is 4.79 Å². The molecule has 0 spiro atoms. The number of ether oxygens (including phenoxy) is 1. The van der Waals surface area contributed by atoms with Crippen LogP contribution in [0.3, 0.4) is 0 Å². The summed E-state index contributed by atoms with van der Waals surface area (Å²) in [7, 11) is 1.85. The number of aliphatic hydroxyl groups is 1. The van der Waals surface area contributed by atoms with Crippen LogP contribution in [0.2, 0.25) is 0 Å². The van der Waals surface area contributed by atoms with Crippen LogP contribution in [0, 0.1) is 18.3 Å². The van der Waals surface area contributed by atoms with Crippen molar-refractivity contribution in [2.24, 2.45) is 0 Å². The normalized spacial score (nSPS) is 21.0. The maximum Gasteiger partial charge on any atom is 0.257 e. The van der Waals surface area contributed by atoms with Crippen molar-refractivity contribution in [1.82, 2.24) is 20.0 Å². The number of nitrogens with one attached hydrogen (secondary N) is 1. The molecule has 0 bridgehead atoms. The van der Waals surface area contributed by atoms with E-state index in [2.05, 4.69) is 26.5 Å². The average Bonchev–Trinajstić information content (AvgIpc) is 3.69. The number of benzene rings is 1. The van der Waals surface area contributed by atoms with Gasteiger partial charge >= 0.3 is 0 Å². The van der Waals surface area contributed by atoms with Crippen molar-refractivity contribution in [2.45, 2.75) is 31.4 Å². The number of allylic oxidation sites excluding steroid dienone is 2. The molecule has 2 aliphatic heterocycles. The summed E-state index contributed by atoms with van der Waals surface area (Å²) < 4.78 is 5.46. The molecule has 9 nitrogen and oxygen atoms in total. The molecule has 3 aliphatic rings. The van der Waals surface area contributed by atoms with E-state index in [1.54, 1.807) is 11.0 Å². The number of hydrogen-bond donors (Lipinski definition) is 2. The highest BCUT2D eigenvalue weighted by molar-refractivity contribution is 6.04. The quantitative estimate of drug-likeness (QED) is 0.682. The first-order valence-electron chi connectivity index (χ1n) is 11.7. The molecule has 1 saturated carbocycles. The van der Waals surface area contributed by atoms with E-state index in [0.717, 1.165) is 48.3 Å². The van der Waals surface area contributed by atoms with Gasteiger partial charge in [0.15, 0.2) is 6.23 Å². The number of carbonyl (C=O) groups excluding carboxylic acids is 1. The molecule has 9 heteroatoms. The fourth-order valence-corrected chi connectivity index (χ4v) is 4.48. The Morgan fingerprint density at radius 1 is 1.29 bits per heavy atom. The highest BCUT2D eigenvalue weighted by Gasteiger charge is 2.47. The molecule has 2 fully saturated rings. The third-order valence-corrected chi connectivity index (χ3v) is 6.85. The van der Waals surface area contributed by atoms with Crippen molar-refractivity contribution in [3.05, 3.63) is 70.8 Å². The molecular formula is C26H28N6O3. The number of hydrogen-bond acceptors (Lipinski definition) is 8. The summed E-state index contributed by atoms with van der Waals surface area (Å²) >= 11 is 0. The number of amides is 1. The minimum absolute atomic E-state index is 0.306. The number of rotatable bonds is 5. The Balaban J connectivity index is 1.40. The van der Waals surface area contributed by atoms with E-state index < -0.39 is 11.6 Å². The van der Waals surface area contributed by atoms with Gasteiger partial charge in [0.2, 0.25) is 0 Å². The van der Waals surface area contributed by atoms with Crippen molar-refractivity contribution in [3.8, 4) is 6.07 Å². The lowest BCUT2D eigenvalue weighted by Gasteiger charge is -2.38. The lowest BCUT2D eigenvalue weighted by atomic mass is 9.97. The summed E-state index contributed by atoms with van der Waals surface area (Å²) in [6, 6.07) is 9.71. The van der Waals surface area contributed by atoms with Gasteiger partial charge in [0.05, 0.1) is 42.4 Å². The molecule has 2 N–H and O–H groups in total. The first kappa shape index (κ1) is 23.0. The Labute approximate surface area is 204 Å². The first-order chi connectivity index (χ1) is 16.9. The lowest BCUT2D eigenvalue weighted by molar-refractivity contribution is 0.0128. The maximum atomic E-state index is 13.0. The number of aliphatic hydroxyl groups excluding tert-OH is 1. The van der Waals surface area contributed by atoms with Crippen LogP contribution in [-0.2, 0) is 10.2 Å². The molecule has 3 heterocycles. The van der Waals surface area contributed by atoms with E-state index in [1.807, 2.05) is 44.4 Å². The SMILES string of the molecule is Cc1ccc(NC(=O)c2cnnc(C3(C#N)CC3)c2)cc1C1=CN(C)C(O)C(N2CCOCC2)=C1. The molecule has 180 valence electrons. The zero-order chi connectivity index (χ0) is 24.6. The Hall–Kier alpha value is -3.74. The van der Waals surface area contributed by atoms with E-state index in [9.17, 15) is 15.2 Å². The van der Waals surface area contributed by atoms with Crippen LogP contribution in [0.25, 0.3) is 5.57 Å². The number of anilines is 1. The second-order valence-electron chi connectivity index (χ2n) is 9.30. The monoisotopic (exact) mass is 472 g/mol. The van der Waals surface area contributed by atoms with E-state index >= 15 is 0 Å². The highest BCUT2D eigenvalue weighted by atomic mass is 16.5. The molecule has 5 rings (SSSR count). The molecule has 1 amide bonds. The second-order valence-corrected chi connectivity index (χ2v) is 9.30. The van der Waals surface area contributed by atoms with Gasteiger partial charge in [0, 0.05) is 32.0 Å². The third kappa shape index (κ3) is 4.50. The maximum absolute atomic E-state index is 13.0. The fraction of sp³-hybridized carbons (Fsp3) is 0.385. The number of aromatic nitrogens is 2. The van der Waals surface area contributed by atoms with Crippen molar-refractivity contribution in [1.29, 1.82) is 5.26 Å². The predicted molar refractivity (Wildman–Crippen MR) is 130 cm³/mol. The number of likely N-dealkylation sites (N-methyl/N-ethyl adjacent to an activating group) is 1. The van der Waals surface area contributed by atoms with E-state index in [4.69, 9.17) is 4.74 Å². The minimum Gasteiger partial charge on any atom is -0.378 e. The standard InChI is InChI=1S/C26H28N6O3/c1-17-3-4-20(29-24(33)18-12-23(30-28-14-18)26(16-27)5-6-26)13-21(17)19-11-22(25(34)31(2)15-19)32-7-9-35-10-8-32/h3-4,11-15,25,34H,5-10H2,1-2H3,(H,29,33). The van der Waals surface area contributed by atoms with Crippen molar-refractivity contribution >= 4 is 17.2 Å². The third-order valence-electron chi connectivity index (χ3n) is 6.85. The lowest BCUT2D eigenvalue weighted by Crippen LogP contribution is -2.44. The Bertz CT molecular complexity index is 1250. The fourth-order valence-electron chi connectivity index (χ4n) is 4.48. The minimum atomic E-state index is -0.725. The smallest absolute Gasteiger partial charge is 0.257 e. The van der Waals surface area contributed by atoms with Crippen LogP contribution >= 0.6 is 0 Å². The second kappa shape index (κ2) is 9.13. The summed E-state index contributed by atoms with van der Waals surface area (Å²) in [5, 5.41) is 31.2. The van der Waals surface area contributed by atoms with Crippen LogP contribution in [-0.4, -0.2) is 70.6 Å². The number of carbonyl (C=O) groups is 1. The summed E-state index contributed by atoms with van der Waals surface area (Å²) in [4.78, 5) is 16.9. The van der Waals surface area contributed by atoms with Gasteiger partial charge in [0.25, 0.3) is 5.91 Å². The first-order valence-corrected chi connectivity index (χ1v) is 11.7. The van der Waals surface area contributed by atoms with Crippen molar-refractivity contribution < 1.29 is 14.6 Å². The van der Waals surface area contributed by atoms with E-state index in [1.165, 1.54) is 6.20 Å². The number of nitriles is 1. The van der Waals surface area contributed by atoms with Gasteiger partial charge in [-0.15, -0.1) is 0 Å². The van der Waals surface area contributed by atoms with Gasteiger partial charge in [-0.05, 0) is 60.7 Å². The van der Waals surface area contributed by atoms with Gasteiger partial charge in [-0.25, -0.2) is 0 Å². The largest absolute Gasteiger partial charge is 0.378 e. The van der Waals surface area contributed by atoms with Crippen molar-refractivity contribution in [3.63, 3.8) is 0 Å².